The number of hydrogen-bond donors (Lipinski definition) is 3. The van der Waals surface area contributed by atoms with Gasteiger partial charge in [0.1, 0.15) is 17.6 Å². The smallest absolute Gasteiger partial charge is 0.142 e. The second-order valence-electron chi connectivity index (χ2n) is 7.78. The van der Waals surface area contributed by atoms with E-state index in [9.17, 15) is 15.3 Å². The zero-order chi connectivity index (χ0) is 24.7. The predicted molar refractivity (Wildman–Crippen MR) is 142 cm³/mol. The highest BCUT2D eigenvalue weighted by Gasteiger charge is 2.06. The van der Waals surface area contributed by atoms with Crippen molar-refractivity contribution in [1.29, 1.82) is 0 Å². The van der Waals surface area contributed by atoms with Crippen LogP contribution in [0.3, 0.4) is 0 Å². The van der Waals surface area contributed by atoms with Gasteiger partial charge in [0.2, 0.25) is 0 Å². The monoisotopic (exact) mass is 470 g/mol. The fourth-order valence-electron chi connectivity index (χ4n) is 3.24. The van der Waals surface area contributed by atoms with E-state index < -0.39 is 6.10 Å². The minimum atomic E-state index is -0.836. The summed E-state index contributed by atoms with van der Waals surface area (Å²) < 4.78 is 0. The molecule has 0 aromatic heterocycles. The molecule has 2 aromatic rings. The van der Waals surface area contributed by atoms with Gasteiger partial charge in [0.05, 0.1) is 19.6 Å². The Kier molecular flexibility index (Phi) is 10.5. The number of aliphatic hydroxyl groups excluding tert-OH is 1. The van der Waals surface area contributed by atoms with Gasteiger partial charge in [0.15, 0.2) is 0 Å². The molecule has 7 heteroatoms. The highest BCUT2D eigenvalue weighted by molar-refractivity contribution is 5.84. The number of phenols is 2. The van der Waals surface area contributed by atoms with E-state index in [1.807, 2.05) is 24.3 Å². The van der Waals surface area contributed by atoms with Crippen molar-refractivity contribution in [2.24, 2.45) is 15.0 Å². The second kappa shape index (κ2) is 14.3. The van der Waals surface area contributed by atoms with Gasteiger partial charge >= 0.3 is 0 Å². The molecule has 0 saturated carbocycles. The van der Waals surface area contributed by atoms with Crippen LogP contribution in [0.5, 0.6) is 11.5 Å². The zero-order valence-corrected chi connectivity index (χ0v) is 19.5. The molecule has 0 aliphatic heterocycles. The minimum absolute atomic E-state index is 0.204. The molecule has 2 aromatic carbocycles. The molecule has 3 rings (SSSR count). The first-order chi connectivity index (χ1) is 17.1. The molecule has 0 fully saturated rings. The number of benzene rings is 2. The number of para-hydroxylation sites is 2. The summed E-state index contributed by atoms with van der Waals surface area (Å²) in [5.41, 5.74) is 2.03. The Morgan fingerprint density at radius 3 is 1.83 bits per heavy atom. The molecule has 0 saturated heterocycles. The van der Waals surface area contributed by atoms with Crippen LogP contribution in [-0.4, -0.2) is 84.2 Å². The molecule has 1 aliphatic rings. The van der Waals surface area contributed by atoms with Gasteiger partial charge in [0, 0.05) is 55.0 Å². The van der Waals surface area contributed by atoms with E-state index in [-0.39, 0.29) is 11.5 Å². The van der Waals surface area contributed by atoms with Crippen molar-refractivity contribution >= 4 is 18.6 Å². The fourth-order valence-corrected chi connectivity index (χ4v) is 3.24. The topological polar surface area (TPSA) is 101 Å². The second-order valence-corrected chi connectivity index (χ2v) is 7.78. The Hall–Kier alpha value is -3.99. The van der Waals surface area contributed by atoms with E-state index in [0.29, 0.717) is 56.0 Å². The van der Waals surface area contributed by atoms with Crippen molar-refractivity contribution in [2.45, 2.75) is 6.10 Å². The Morgan fingerprint density at radius 1 is 0.771 bits per heavy atom. The van der Waals surface area contributed by atoms with Crippen LogP contribution in [-0.2, 0) is 0 Å². The summed E-state index contributed by atoms with van der Waals surface area (Å²) in [5.74, 6) is 5.90. The summed E-state index contributed by atoms with van der Waals surface area (Å²) in [6, 6.07) is 14.2. The SMILES string of the molecule is Oc1ccccc1/C=N\CCN(CC/N=C\c1ccccc1O)CC/N=C/C1=CC=CC#CC1O. The van der Waals surface area contributed by atoms with Gasteiger partial charge in [-0.25, -0.2) is 0 Å². The summed E-state index contributed by atoms with van der Waals surface area (Å²) in [7, 11) is 0. The van der Waals surface area contributed by atoms with Crippen LogP contribution in [0.2, 0.25) is 0 Å². The summed E-state index contributed by atoms with van der Waals surface area (Å²) >= 11 is 0. The van der Waals surface area contributed by atoms with E-state index in [1.165, 1.54) is 0 Å². The Morgan fingerprint density at radius 2 is 1.29 bits per heavy atom. The molecule has 7 nitrogen and oxygen atoms in total. The fraction of sp³-hybridized carbons (Fsp3) is 0.250. The number of allylic oxidation sites excluding steroid dienone is 3. The lowest BCUT2D eigenvalue weighted by Gasteiger charge is -2.19. The third kappa shape index (κ3) is 9.05. The highest BCUT2D eigenvalue weighted by atomic mass is 16.3. The first kappa shape index (κ1) is 25.6. The average Bonchev–Trinajstić information content (AvgIpc) is 3.07. The van der Waals surface area contributed by atoms with E-state index >= 15 is 0 Å². The molecule has 1 unspecified atom stereocenters. The van der Waals surface area contributed by atoms with Crippen molar-refractivity contribution in [3.8, 4) is 23.3 Å². The Balaban J connectivity index is 1.54. The summed E-state index contributed by atoms with van der Waals surface area (Å²) in [4.78, 5) is 15.6. The third-order valence-corrected chi connectivity index (χ3v) is 5.21. The van der Waals surface area contributed by atoms with Crippen LogP contribution < -0.4 is 0 Å². The predicted octanol–water partition coefficient (Wildman–Crippen LogP) is 2.87. The largest absolute Gasteiger partial charge is 0.507 e. The molecule has 0 bridgehead atoms. The van der Waals surface area contributed by atoms with Crippen LogP contribution in [0.1, 0.15) is 11.1 Å². The first-order valence-electron chi connectivity index (χ1n) is 11.5. The summed E-state index contributed by atoms with van der Waals surface area (Å²) in [5, 5.41) is 29.8. The van der Waals surface area contributed by atoms with Crippen molar-refractivity contribution in [3.05, 3.63) is 83.5 Å². The van der Waals surface area contributed by atoms with Crippen LogP contribution in [0.25, 0.3) is 0 Å². The number of aliphatic hydroxyl groups is 1. The van der Waals surface area contributed by atoms with Gasteiger partial charge in [0.25, 0.3) is 0 Å². The van der Waals surface area contributed by atoms with Gasteiger partial charge in [-0.15, -0.1) is 0 Å². The summed E-state index contributed by atoms with van der Waals surface area (Å²) in [6.07, 6.45) is 9.46. The van der Waals surface area contributed by atoms with E-state index in [2.05, 4.69) is 31.7 Å². The molecule has 3 N–H and O–H groups in total. The van der Waals surface area contributed by atoms with Crippen molar-refractivity contribution in [3.63, 3.8) is 0 Å². The molecule has 1 atom stereocenters. The van der Waals surface area contributed by atoms with Crippen LogP contribution in [0.15, 0.2) is 87.3 Å². The molecular weight excluding hydrogens is 440 g/mol. The van der Waals surface area contributed by atoms with Crippen LogP contribution in [0.4, 0.5) is 0 Å². The standard InChI is InChI=1S/C28H30N4O3/c33-26-11-3-1-2-8-23(26)20-29-14-17-32(18-15-30-21-24-9-4-6-12-27(24)34)19-16-31-22-25-10-5-7-13-28(25)35/h1-2,4-10,12-13,20-22,26,33-35H,14-19H2/b29-20+,30-21-,31-22-. The molecule has 1 aliphatic carbocycles. The van der Waals surface area contributed by atoms with Crippen LogP contribution in [0, 0.1) is 11.8 Å². The van der Waals surface area contributed by atoms with Gasteiger partial charge in [-0.1, -0.05) is 48.3 Å². The van der Waals surface area contributed by atoms with Gasteiger partial charge in [-0.2, -0.15) is 0 Å². The number of aromatic hydroxyl groups is 2. The van der Waals surface area contributed by atoms with Crippen molar-refractivity contribution < 1.29 is 15.3 Å². The summed E-state index contributed by atoms with van der Waals surface area (Å²) in [6.45, 7) is 3.76. The zero-order valence-electron chi connectivity index (χ0n) is 19.5. The molecule has 0 amide bonds. The average molecular weight is 471 g/mol. The lowest BCUT2D eigenvalue weighted by atomic mass is 10.1. The third-order valence-electron chi connectivity index (χ3n) is 5.21. The maximum Gasteiger partial charge on any atom is 0.142 e. The lowest BCUT2D eigenvalue weighted by molar-refractivity contribution is 0.275. The van der Waals surface area contributed by atoms with Gasteiger partial charge < -0.3 is 15.3 Å². The maximum absolute atomic E-state index is 10.0. The van der Waals surface area contributed by atoms with Crippen LogP contribution >= 0.6 is 0 Å². The first-order valence-corrected chi connectivity index (χ1v) is 11.5. The molecule has 0 radical (unpaired) electrons. The van der Waals surface area contributed by atoms with E-state index in [4.69, 9.17) is 0 Å². The van der Waals surface area contributed by atoms with Crippen molar-refractivity contribution in [1.82, 2.24) is 4.90 Å². The lowest BCUT2D eigenvalue weighted by Crippen LogP contribution is -2.31. The van der Waals surface area contributed by atoms with Crippen molar-refractivity contribution in [2.75, 3.05) is 39.3 Å². The molecular formula is C28H30N4O3. The van der Waals surface area contributed by atoms with E-state index in [1.54, 1.807) is 61.1 Å². The van der Waals surface area contributed by atoms with Gasteiger partial charge in [-0.05, 0) is 30.3 Å². The Labute approximate surface area is 206 Å². The molecule has 0 heterocycles. The van der Waals surface area contributed by atoms with Gasteiger partial charge in [-0.3, -0.25) is 19.9 Å². The number of phenolic OH excluding ortho intramolecular Hbond substituents is 2. The van der Waals surface area contributed by atoms with E-state index in [0.717, 1.165) is 0 Å². The molecule has 35 heavy (non-hydrogen) atoms. The number of nitrogens with zero attached hydrogens (tertiary/aromatic N) is 4. The normalized spacial score (nSPS) is 15.6. The molecule has 0 spiro atoms. The minimum Gasteiger partial charge on any atom is -0.507 e. The maximum atomic E-state index is 10.0. The number of hydrogen-bond acceptors (Lipinski definition) is 7. The number of aliphatic imine (C=N–C) groups is 3. The quantitative estimate of drug-likeness (QED) is 0.328. The Bertz CT molecular complexity index is 1110. The highest BCUT2D eigenvalue weighted by Crippen LogP contribution is 2.13. The number of rotatable bonds is 12. The molecule has 180 valence electrons.